The van der Waals surface area contributed by atoms with E-state index in [1.807, 2.05) is 17.5 Å². The van der Waals surface area contributed by atoms with Gasteiger partial charge in [0.2, 0.25) is 0 Å². The van der Waals surface area contributed by atoms with Crippen molar-refractivity contribution in [2.75, 3.05) is 24.8 Å². The summed E-state index contributed by atoms with van der Waals surface area (Å²) in [6, 6.07) is 10.2. The molecule has 0 aliphatic carbocycles. The van der Waals surface area contributed by atoms with E-state index in [2.05, 4.69) is 23.5 Å². The van der Waals surface area contributed by atoms with E-state index in [0.29, 0.717) is 0 Å². The lowest BCUT2D eigenvalue weighted by molar-refractivity contribution is 0.202. The number of rotatable bonds is 6. The second-order valence-electron chi connectivity index (χ2n) is 4.05. The Morgan fingerprint density at radius 1 is 1.28 bits per heavy atom. The molecule has 3 N–H and O–H groups in total. The van der Waals surface area contributed by atoms with Crippen molar-refractivity contribution in [1.82, 2.24) is 0 Å². The molecule has 0 aliphatic heterocycles. The molecule has 2 aromatic rings. The molecular formula is C14H18N2OS. The molecule has 0 fully saturated rings. The number of nitrogens with two attached hydrogens (primary N) is 1. The maximum Gasteiger partial charge on any atom is 0.0514 e. The lowest BCUT2D eigenvalue weighted by Crippen LogP contribution is -2.04. The van der Waals surface area contributed by atoms with Crippen molar-refractivity contribution in [2.45, 2.75) is 13.0 Å². The van der Waals surface area contributed by atoms with Gasteiger partial charge in [-0.1, -0.05) is 18.2 Å². The summed E-state index contributed by atoms with van der Waals surface area (Å²) < 4.78 is 5.12. The normalized spacial score (nSPS) is 10.5. The third kappa shape index (κ3) is 3.24. The highest BCUT2D eigenvalue weighted by molar-refractivity contribution is 7.10. The van der Waals surface area contributed by atoms with Gasteiger partial charge in [-0.3, -0.25) is 0 Å². The smallest absolute Gasteiger partial charge is 0.0514 e. The van der Waals surface area contributed by atoms with Crippen LogP contribution >= 0.6 is 11.3 Å². The van der Waals surface area contributed by atoms with Gasteiger partial charge in [0.25, 0.3) is 0 Å². The van der Waals surface area contributed by atoms with Crippen LogP contribution in [0, 0.1) is 0 Å². The van der Waals surface area contributed by atoms with Crippen LogP contribution in [0.2, 0.25) is 0 Å². The van der Waals surface area contributed by atoms with Crippen LogP contribution in [0.25, 0.3) is 0 Å². The van der Waals surface area contributed by atoms with Crippen molar-refractivity contribution in [3.8, 4) is 0 Å². The van der Waals surface area contributed by atoms with Crippen LogP contribution in [0.3, 0.4) is 0 Å². The minimum atomic E-state index is 0.736. The topological polar surface area (TPSA) is 47.3 Å². The summed E-state index contributed by atoms with van der Waals surface area (Å²) in [7, 11) is 1.72. The van der Waals surface area contributed by atoms with Crippen molar-refractivity contribution in [3.63, 3.8) is 0 Å². The molecule has 3 nitrogen and oxygen atoms in total. The van der Waals surface area contributed by atoms with Gasteiger partial charge >= 0.3 is 0 Å². The van der Waals surface area contributed by atoms with E-state index in [-0.39, 0.29) is 0 Å². The second-order valence-corrected chi connectivity index (χ2v) is 5.05. The maximum atomic E-state index is 5.87. The molecule has 2 rings (SSSR count). The van der Waals surface area contributed by atoms with Crippen molar-refractivity contribution in [1.29, 1.82) is 0 Å². The fourth-order valence-corrected chi connectivity index (χ4v) is 2.53. The summed E-state index contributed by atoms with van der Waals surface area (Å²) in [4.78, 5) is 1.18. The van der Waals surface area contributed by atoms with Crippen LogP contribution in [0.15, 0.2) is 35.7 Å². The monoisotopic (exact) mass is 262 g/mol. The van der Waals surface area contributed by atoms with Crippen molar-refractivity contribution in [2.24, 2.45) is 0 Å². The molecule has 0 unspecified atom stereocenters. The number of para-hydroxylation sites is 1. The fraction of sp³-hybridized carbons (Fsp3) is 0.286. The van der Waals surface area contributed by atoms with E-state index in [0.717, 1.165) is 30.9 Å². The van der Waals surface area contributed by atoms with Crippen LogP contribution in [0.4, 0.5) is 11.4 Å². The first-order valence-electron chi connectivity index (χ1n) is 5.94. The van der Waals surface area contributed by atoms with Gasteiger partial charge in [0.05, 0.1) is 13.2 Å². The van der Waals surface area contributed by atoms with Gasteiger partial charge in [-0.05, 0) is 29.5 Å². The predicted octanol–water partition coefficient (Wildman–Crippen LogP) is 3.13. The van der Waals surface area contributed by atoms with Crippen LogP contribution in [-0.2, 0) is 17.7 Å². The zero-order valence-electron chi connectivity index (χ0n) is 10.5. The minimum absolute atomic E-state index is 0.736. The summed E-state index contributed by atoms with van der Waals surface area (Å²) in [6.07, 6.45) is 0.916. The summed E-state index contributed by atoms with van der Waals surface area (Å²) >= 11 is 1.68. The predicted molar refractivity (Wildman–Crippen MR) is 78.1 cm³/mol. The number of hydrogen-bond donors (Lipinski definition) is 2. The highest BCUT2D eigenvalue weighted by atomic mass is 32.1. The third-order valence-corrected chi connectivity index (χ3v) is 3.75. The quantitative estimate of drug-likeness (QED) is 0.840. The Hall–Kier alpha value is -1.52. The second kappa shape index (κ2) is 6.42. The Bertz CT molecular complexity index is 496. The molecule has 0 amide bonds. The van der Waals surface area contributed by atoms with Gasteiger partial charge in [0.15, 0.2) is 0 Å². The number of ether oxygens (including phenoxy) is 1. The van der Waals surface area contributed by atoms with Crippen molar-refractivity contribution >= 4 is 22.7 Å². The molecule has 1 heterocycles. The van der Waals surface area contributed by atoms with Gasteiger partial charge in [0.1, 0.15) is 0 Å². The van der Waals surface area contributed by atoms with Crippen LogP contribution < -0.4 is 11.1 Å². The van der Waals surface area contributed by atoms with Gasteiger partial charge in [-0.15, -0.1) is 11.3 Å². The molecule has 1 aromatic heterocycles. The van der Waals surface area contributed by atoms with Crippen molar-refractivity contribution in [3.05, 3.63) is 46.2 Å². The number of nitrogens with one attached hydrogen (secondary N) is 1. The number of benzene rings is 1. The molecule has 0 atom stereocenters. The van der Waals surface area contributed by atoms with E-state index in [4.69, 9.17) is 10.5 Å². The Morgan fingerprint density at radius 3 is 2.83 bits per heavy atom. The molecule has 1 aromatic carbocycles. The van der Waals surface area contributed by atoms with E-state index in [9.17, 15) is 0 Å². The van der Waals surface area contributed by atoms with Crippen LogP contribution in [0.5, 0.6) is 0 Å². The summed E-state index contributed by atoms with van der Waals surface area (Å²) in [5.74, 6) is 0. The van der Waals surface area contributed by atoms with Gasteiger partial charge in [-0.25, -0.2) is 0 Å². The summed E-state index contributed by atoms with van der Waals surface area (Å²) in [5, 5.41) is 5.46. The first-order chi connectivity index (χ1) is 8.81. The van der Waals surface area contributed by atoms with Gasteiger partial charge in [-0.2, -0.15) is 0 Å². The Labute approximate surface area is 112 Å². The summed E-state index contributed by atoms with van der Waals surface area (Å²) in [5.41, 5.74) is 9.16. The highest BCUT2D eigenvalue weighted by Gasteiger charge is 2.03. The van der Waals surface area contributed by atoms with E-state index in [1.165, 1.54) is 10.4 Å². The molecule has 96 valence electrons. The minimum Gasteiger partial charge on any atom is -0.398 e. The molecule has 0 bridgehead atoms. The van der Waals surface area contributed by atoms with Crippen molar-refractivity contribution < 1.29 is 4.74 Å². The van der Waals surface area contributed by atoms with E-state index in [1.54, 1.807) is 18.4 Å². The Morgan fingerprint density at radius 2 is 2.11 bits per heavy atom. The average Bonchev–Trinajstić information content (AvgIpc) is 2.80. The Balaban J connectivity index is 2.02. The lowest BCUT2D eigenvalue weighted by Gasteiger charge is -2.11. The number of nitrogen functional groups attached to an aromatic ring is 1. The molecule has 0 aliphatic rings. The molecule has 0 radical (unpaired) electrons. The molecule has 0 saturated carbocycles. The summed E-state index contributed by atoms with van der Waals surface area (Å²) in [6.45, 7) is 1.51. The molecular weight excluding hydrogens is 244 g/mol. The Kier molecular flexibility index (Phi) is 4.61. The first-order valence-corrected chi connectivity index (χ1v) is 6.82. The van der Waals surface area contributed by atoms with E-state index < -0.39 is 0 Å². The largest absolute Gasteiger partial charge is 0.398 e. The average molecular weight is 262 g/mol. The lowest BCUT2D eigenvalue weighted by atomic mass is 10.1. The standard InChI is InChI=1S/C14H18N2OS/c1-17-8-6-11-4-2-3-5-13(11)16-10-14-12(15)7-9-18-14/h2-5,7,9,16H,6,8,10,15H2,1H3. The van der Waals surface area contributed by atoms with E-state index >= 15 is 0 Å². The number of hydrogen-bond acceptors (Lipinski definition) is 4. The first kappa shape index (κ1) is 12.9. The zero-order valence-corrected chi connectivity index (χ0v) is 11.3. The molecule has 0 spiro atoms. The maximum absolute atomic E-state index is 5.87. The highest BCUT2D eigenvalue weighted by Crippen LogP contribution is 2.22. The van der Waals surface area contributed by atoms with Crippen LogP contribution in [-0.4, -0.2) is 13.7 Å². The molecule has 0 saturated heterocycles. The molecule has 18 heavy (non-hydrogen) atoms. The molecule has 4 heteroatoms. The van der Waals surface area contributed by atoms with Gasteiger partial charge < -0.3 is 15.8 Å². The number of anilines is 2. The number of thiophene rings is 1. The number of methoxy groups -OCH3 is 1. The SMILES string of the molecule is COCCc1ccccc1NCc1sccc1N. The van der Waals surface area contributed by atoms with Gasteiger partial charge in [0, 0.05) is 23.4 Å². The fourth-order valence-electron chi connectivity index (χ4n) is 1.79. The third-order valence-electron chi connectivity index (χ3n) is 2.81. The van der Waals surface area contributed by atoms with Crippen LogP contribution in [0.1, 0.15) is 10.4 Å². The zero-order chi connectivity index (χ0) is 12.8.